The fourth-order valence-corrected chi connectivity index (χ4v) is 2.59. The van der Waals surface area contributed by atoms with Crippen molar-refractivity contribution in [2.24, 2.45) is 10.7 Å². The normalized spacial score (nSPS) is 15.2. The quantitative estimate of drug-likeness (QED) is 0.313. The number of benzene rings is 1. The van der Waals surface area contributed by atoms with Crippen LogP contribution in [0.15, 0.2) is 23.2 Å². The average Bonchev–Trinajstić information content (AvgIpc) is 2.87. The minimum Gasteiger partial charge on any atom is -0.496 e. The summed E-state index contributed by atoms with van der Waals surface area (Å²) in [7, 11) is 3.23. The summed E-state index contributed by atoms with van der Waals surface area (Å²) in [6.07, 6.45) is 4.95. The first-order chi connectivity index (χ1) is 11.2. The van der Waals surface area contributed by atoms with Gasteiger partial charge in [-0.25, -0.2) is 4.99 Å². The highest BCUT2D eigenvalue weighted by Crippen LogP contribution is 2.27. The summed E-state index contributed by atoms with van der Waals surface area (Å²) in [6.45, 7) is 3.00. The zero-order valence-electron chi connectivity index (χ0n) is 14.5. The summed E-state index contributed by atoms with van der Waals surface area (Å²) in [4.78, 5) is 6.59. The van der Waals surface area contributed by atoms with Gasteiger partial charge < -0.3 is 24.8 Å². The van der Waals surface area contributed by atoms with Crippen LogP contribution in [0.25, 0.3) is 0 Å². The molecule has 7 heteroatoms. The van der Waals surface area contributed by atoms with E-state index in [1.807, 2.05) is 18.2 Å². The Morgan fingerprint density at radius 1 is 1.00 bits per heavy atom. The molecule has 0 radical (unpaired) electrons. The maximum atomic E-state index is 6.07. The van der Waals surface area contributed by atoms with Gasteiger partial charge in [0.05, 0.1) is 20.8 Å². The van der Waals surface area contributed by atoms with Gasteiger partial charge >= 0.3 is 0 Å². The van der Waals surface area contributed by atoms with E-state index in [-0.39, 0.29) is 24.0 Å². The molecule has 0 bridgehead atoms. The molecule has 0 saturated carbocycles. The number of aliphatic imine (C=N–C) groups is 1. The zero-order chi connectivity index (χ0) is 16.5. The van der Waals surface area contributed by atoms with E-state index in [1.54, 1.807) is 14.2 Å². The van der Waals surface area contributed by atoms with Crippen molar-refractivity contribution < 1.29 is 14.2 Å². The highest BCUT2D eigenvalue weighted by molar-refractivity contribution is 14.0. The van der Waals surface area contributed by atoms with Crippen LogP contribution in [-0.4, -0.2) is 51.3 Å². The summed E-state index contributed by atoms with van der Waals surface area (Å²) < 4.78 is 16.1. The van der Waals surface area contributed by atoms with Crippen molar-refractivity contribution in [1.82, 2.24) is 4.90 Å². The molecule has 6 nitrogen and oxygen atoms in total. The molecule has 0 amide bonds. The van der Waals surface area contributed by atoms with E-state index in [0.717, 1.165) is 13.1 Å². The number of hydrogen-bond donors (Lipinski definition) is 1. The fraction of sp³-hybridized carbons (Fsp3) is 0.588. The lowest BCUT2D eigenvalue weighted by molar-refractivity contribution is 0.319. The molecule has 0 spiro atoms. The topological polar surface area (TPSA) is 69.3 Å². The molecule has 2 N–H and O–H groups in total. The van der Waals surface area contributed by atoms with Crippen LogP contribution in [-0.2, 0) is 0 Å². The summed E-state index contributed by atoms with van der Waals surface area (Å²) in [5.41, 5.74) is 6.07. The lowest BCUT2D eigenvalue weighted by Crippen LogP contribution is -2.38. The van der Waals surface area contributed by atoms with E-state index in [0.29, 0.717) is 36.4 Å². The van der Waals surface area contributed by atoms with Gasteiger partial charge in [-0.05, 0) is 12.8 Å². The molecule has 1 saturated heterocycles. The maximum absolute atomic E-state index is 6.07. The summed E-state index contributed by atoms with van der Waals surface area (Å²) in [6, 6.07) is 5.46. The Morgan fingerprint density at radius 2 is 1.54 bits per heavy atom. The van der Waals surface area contributed by atoms with Crippen LogP contribution in [0.1, 0.15) is 25.7 Å². The second kappa shape index (κ2) is 11.2. The standard InChI is InChI=1S/C17H27N3O3.HI/c1-21-14-11-15(22-2)13-16(12-14)23-10-7-19-17(18)20-8-5-3-4-6-9-20;/h11-13H,3-10H2,1-2H3,(H2,18,19);1H. The molecule has 0 aliphatic carbocycles. The third kappa shape index (κ3) is 6.62. The molecule has 0 aromatic heterocycles. The Morgan fingerprint density at radius 3 is 2.08 bits per heavy atom. The van der Waals surface area contributed by atoms with E-state index >= 15 is 0 Å². The first-order valence-electron chi connectivity index (χ1n) is 8.13. The van der Waals surface area contributed by atoms with Gasteiger partial charge in [0.2, 0.25) is 0 Å². The SMILES string of the molecule is COc1cc(OC)cc(OCCN=C(N)N2CCCCCC2)c1.I. The highest BCUT2D eigenvalue weighted by Gasteiger charge is 2.10. The minimum absolute atomic E-state index is 0. The van der Waals surface area contributed by atoms with Crippen molar-refractivity contribution in [3.8, 4) is 17.2 Å². The molecule has 0 unspecified atom stereocenters. The molecular formula is C17H28IN3O3. The number of ether oxygens (including phenoxy) is 3. The van der Waals surface area contributed by atoms with E-state index in [4.69, 9.17) is 19.9 Å². The van der Waals surface area contributed by atoms with Crippen molar-refractivity contribution in [1.29, 1.82) is 0 Å². The first-order valence-corrected chi connectivity index (χ1v) is 8.13. The van der Waals surface area contributed by atoms with Gasteiger partial charge in [0, 0.05) is 31.3 Å². The fourth-order valence-electron chi connectivity index (χ4n) is 2.59. The Hall–Kier alpha value is -1.38. The molecule has 1 heterocycles. The predicted octanol–water partition coefficient (Wildman–Crippen LogP) is 2.89. The Labute approximate surface area is 161 Å². The monoisotopic (exact) mass is 449 g/mol. The van der Waals surface area contributed by atoms with Crippen molar-refractivity contribution in [3.05, 3.63) is 18.2 Å². The highest BCUT2D eigenvalue weighted by atomic mass is 127. The summed E-state index contributed by atoms with van der Waals surface area (Å²) in [5.74, 6) is 2.72. The van der Waals surface area contributed by atoms with Crippen LogP contribution in [0.2, 0.25) is 0 Å². The van der Waals surface area contributed by atoms with Gasteiger partial charge in [-0.2, -0.15) is 0 Å². The molecule has 1 fully saturated rings. The molecule has 1 aliphatic heterocycles. The van der Waals surface area contributed by atoms with Gasteiger partial charge in [-0.1, -0.05) is 12.8 Å². The third-order valence-electron chi connectivity index (χ3n) is 3.89. The van der Waals surface area contributed by atoms with E-state index in [2.05, 4.69) is 9.89 Å². The first kappa shape index (κ1) is 20.7. The van der Waals surface area contributed by atoms with Gasteiger partial charge in [-0.15, -0.1) is 24.0 Å². The number of hydrogen-bond acceptors (Lipinski definition) is 4. The van der Waals surface area contributed by atoms with Crippen molar-refractivity contribution in [3.63, 3.8) is 0 Å². The minimum atomic E-state index is 0. The third-order valence-corrected chi connectivity index (χ3v) is 3.89. The number of nitrogens with zero attached hydrogens (tertiary/aromatic N) is 2. The van der Waals surface area contributed by atoms with Crippen LogP contribution in [0.5, 0.6) is 17.2 Å². The summed E-state index contributed by atoms with van der Waals surface area (Å²) >= 11 is 0. The molecule has 24 heavy (non-hydrogen) atoms. The molecule has 1 aromatic rings. The van der Waals surface area contributed by atoms with Crippen molar-refractivity contribution in [2.45, 2.75) is 25.7 Å². The van der Waals surface area contributed by atoms with Crippen LogP contribution < -0.4 is 19.9 Å². The molecule has 0 atom stereocenters. The summed E-state index contributed by atoms with van der Waals surface area (Å²) in [5, 5.41) is 0. The molecule has 136 valence electrons. The Bertz CT molecular complexity index is 496. The smallest absolute Gasteiger partial charge is 0.191 e. The predicted molar refractivity (Wildman–Crippen MR) is 107 cm³/mol. The van der Waals surface area contributed by atoms with E-state index in [1.165, 1.54) is 25.7 Å². The van der Waals surface area contributed by atoms with Gasteiger partial charge in [0.15, 0.2) is 5.96 Å². The second-order valence-electron chi connectivity index (χ2n) is 5.54. The molecule has 1 aromatic carbocycles. The zero-order valence-corrected chi connectivity index (χ0v) is 16.8. The van der Waals surface area contributed by atoms with Gasteiger partial charge in [0.25, 0.3) is 0 Å². The van der Waals surface area contributed by atoms with Crippen LogP contribution in [0.4, 0.5) is 0 Å². The lowest BCUT2D eigenvalue weighted by Gasteiger charge is -2.21. The Kier molecular flexibility index (Phi) is 9.66. The average molecular weight is 449 g/mol. The molecule has 1 aliphatic rings. The maximum Gasteiger partial charge on any atom is 0.191 e. The molecule has 2 rings (SSSR count). The van der Waals surface area contributed by atoms with Crippen LogP contribution in [0, 0.1) is 0 Å². The van der Waals surface area contributed by atoms with Crippen LogP contribution >= 0.6 is 24.0 Å². The number of likely N-dealkylation sites (tertiary alicyclic amines) is 1. The van der Waals surface area contributed by atoms with Gasteiger partial charge in [0.1, 0.15) is 23.9 Å². The van der Waals surface area contributed by atoms with Crippen LogP contribution in [0.3, 0.4) is 0 Å². The number of rotatable bonds is 6. The lowest BCUT2D eigenvalue weighted by atomic mass is 10.2. The number of methoxy groups -OCH3 is 2. The second-order valence-corrected chi connectivity index (χ2v) is 5.54. The van der Waals surface area contributed by atoms with Crippen molar-refractivity contribution >= 4 is 29.9 Å². The molecular weight excluding hydrogens is 421 g/mol. The van der Waals surface area contributed by atoms with E-state index in [9.17, 15) is 0 Å². The largest absolute Gasteiger partial charge is 0.496 e. The number of halogens is 1. The van der Waals surface area contributed by atoms with Crippen molar-refractivity contribution in [2.75, 3.05) is 40.5 Å². The number of guanidine groups is 1. The van der Waals surface area contributed by atoms with Gasteiger partial charge in [-0.3, -0.25) is 0 Å². The van der Waals surface area contributed by atoms with E-state index < -0.39 is 0 Å². The Balaban J connectivity index is 0.00000288. The number of nitrogens with two attached hydrogens (primary N) is 1.